The Morgan fingerprint density at radius 1 is 1.06 bits per heavy atom. The maximum Gasteiger partial charge on any atom is 0.174 e. The van der Waals surface area contributed by atoms with Crippen LogP contribution in [0.4, 0.5) is 0 Å². The highest BCUT2D eigenvalue weighted by Crippen LogP contribution is 2.03. The van der Waals surface area contributed by atoms with Crippen LogP contribution in [0.3, 0.4) is 0 Å². The Hall–Kier alpha value is -1.13. The van der Waals surface area contributed by atoms with Gasteiger partial charge in [-0.1, -0.05) is 30.3 Å². The van der Waals surface area contributed by atoms with Gasteiger partial charge in [-0.2, -0.15) is 0 Å². The fourth-order valence-electron chi connectivity index (χ4n) is 2.06. The maximum atomic E-state index is 5.02. The molecular formula is C13H20N3S+. The largest absolute Gasteiger partial charge is 0.316 e. The number of hydrogen-bond donors (Lipinski definition) is 3. The van der Waals surface area contributed by atoms with Gasteiger partial charge in [0.2, 0.25) is 0 Å². The highest BCUT2D eigenvalue weighted by atomic mass is 32.1. The number of rotatable bonds is 5. The molecule has 0 aliphatic carbocycles. The number of thiocarbonyl (C=S) groups is 1. The molecule has 1 fully saturated rings. The quantitative estimate of drug-likeness (QED) is 0.518. The second-order valence-corrected chi connectivity index (χ2v) is 4.89. The van der Waals surface area contributed by atoms with Crippen LogP contribution in [0.2, 0.25) is 0 Å². The maximum absolute atomic E-state index is 5.02. The minimum absolute atomic E-state index is 0.790. The lowest BCUT2D eigenvalue weighted by Gasteiger charge is -2.26. The lowest BCUT2D eigenvalue weighted by molar-refractivity contribution is -0.906. The molecule has 0 spiro atoms. The highest BCUT2D eigenvalue weighted by molar-refractivity contribution is 7.80. The van der Waals surface area contributed by atoms with Crippen molar-refractivity contribution < 1.29 is 4.90 Å². The lowest BCUT2D eigenvalue weighted by atomic mass is 10.1. The Morgan fingerprint density at radius 2 is 1.76 bits per heavy atom. The molecule has 1 aromatic rings. The van der Waals surface area contributed by atoms with Gasteiger partial charge in [0.05, 0.1) is 6.54 Å². The van der Waals surface area contributed by atoms with Crippen molar-refractivity contribution in [3.05, 3.63) is 35.9 Å². The zero-order valence-corrected chi connectivity index (χ0v) is 10.9. The summed E-state index contributed by atoms with van der Waals surface area (Å²) in [5, 5.41) is 7.14. The van der Waals surface area contributed by atoms with Crippen LogP contribution in [-0.4, -0.2) is 25.0 Å². The summed E-state index contributed by atoms with van der Waals surface area (Å²) in [6.45, 7) is 3.11. The molecule has 4 heteroatoms. The van der Waals surface area contributed by atoms with E-state index in [0.29, 0.717) is 0 Å². The van der Waals surface area contributed by atoms with Crippen molar-refractivity contribution in [3.8, 4) is 0 Å². The van der Waals surface area contributed by atoms with Gasteiger partial charge in [0, 0.05) is 0 Å². The molecule has 0 bridgehead atoms. The van der Waals surface area contributed by atoms with Gasteiger partial charge in [-0.15, -0.1) is 0 Å². The van der Waals surface area contributed by atoms with Crippen LogP contribution in [0.25, 0.3) is 0 Å². The molecule has 3 N–H and O–H groups in total. The van der Waals surface area contributed by atoms with Crippen molar-refractivity contribution in [1.29, 1.82) is 0 Å². The van der Waals surface area contributed by atoms with E-state index in [-0.39, 0.29) is 0 Å². The average molecular weight is 250 g/mol. The number of hydrogen-bond acceptors (Lipinski definition) is 1. The van der Waals surface area contributed by atoms with Gasteiger partial charge in [0.1, 0.15) is 0 Å². The molecule has 2 rings (SSSR count). The average Bonchev–Trinajstić information content (AvgIpc) is 2.38. The molecule has 0 amide bonds. The van der Waals surface area contributed by atoms with E-state index in [9.17, 15) is 0 Å². The summed E-state index contributed by atoms with van der Waals surface area (Å²) in [6, 6.07) is 10.7. The summed E-state index contributed by atoms with van der Waals surface area (Å²) in [7, 11) is 0. The fraction of sp³-hybridized carbons (Fsp3) is 0.462. The van der Waals surface area contributed by atoms with E-state index in [1.54, 1.807) is 0 Å². The number of quaternary nitrogens is 1. The second-order valence-electron chi connectivity index (χ2n) is 4.48. The van der Waals surface area contributed by atoms with Crippen LogP contribution in [0, 0.1) is 0 Å². The Balaban J connectivity index is 1.59. The van der Waals surface area contributed by atoms with Crippen molar-refractivity contribution in [1.82, 2.24) is 10.6 Å². The third-order valence-corrected chi connectivity index (χ3v) is 3.38. The first-order chi connectivity index (χ1) is 8.34. The van der Waals surface area contributed by atoms with Gasteiger partial charge in [0.25, 0.3) is 0 Å². The third kappa shape index (κ3) is 4.32. The predicted octanol–water partition coefficient (Wildman–Crippen LogP) is 0.287. The van der Waals surface area contributed by atoms with Crippen molar-refractivity contribution in [2.24, 2.45) is 0 Å². The zero-order chi connectivity index (χ0) is 11.9. The van der Waals surface area contributed by atoms with Gasteiger partial charge in [-0.3, -0.25) is 0 Å². The van der Waals surface area contributed by atoms with Crippen LogP contribution >= 0.6 is 12.2 Å². The summed E-state index contributed by atoms with van der Waals surface area (Å²) in [4.78, 5) is 1.53. The molecule has 1 aliphatic rings. The molecule has 17 heavy (non-hydrogen) atoms. The van der Waals surface area contributed by atoms with Crippen molar-refractivity contribution in [2.45, 2.75) is 19.3 Å². The number of nitrogens with one attached hydrogen (secondary N) is 3. The zero-order valence-electron chi connectivity index (χ0n) is 10.0. The molecule has 0 unspecified atom stereocenters. The smallest absolute Gasteiger partial charge is 0.174 e. The van der Waals surface area contributed by atoms with E-state index < -0.39 is 0 Å². The molecule has 92 valence electrons. The highest BCUT2D eigenvalue weighted by Gasteiger charge is 2.13. The van der Waals surface area contributed by atoms with Crippen LogP contribution in [0.5, 0.6) is 0 Å². The molecule has 1 aliphatic heterocycles. The minimum Gasteiger partial charge on any atom is -0.316 e. The lowest BCUT2D eigenvalue weighted by Crippen LogP contribution is -3.17. The molecule has 1 aromatic carbocycles. The van der Waals surface area contributed by atoms with Crippen LogP contribution in [0.15, 0.2) is 30.3 Å². The first-order valence-corrected chi connectivity index (χ1v) is 6.64. The van der Waals surface area contributed by atoms with Crippen molar-refractivity contribution in [2.75, 3.05) is 19.9 Å². The van der Waals surface area contributed by atoms with Crippen molar-refractivity contribution in [3.63, 3.8) is 0 Å². The summed E-state index contributed by atoms with van der Waals surface area (Å²) in [5.41, 5.74) is 1.44. The predicted molar refractivity (Wildman–Crippen MR) is 73.8 cm³/mol. The fourth-order valence-corrected chi connectivity index (χ4v) is 2.21. The van der Waals surface area contributed by atoms with Gasteiger partial charge < -0.3 is 15.5 Å². The SMILES string of the molecule is S=C1NC[NH+](CCCCc2ccccc2)CN1. The molecule has 1 saturated heterocycles. The normalized spacial score (nSPS) is 16.4. The molecule has 0 radical (unpaired) electrons. The van der Waals surface area contributed by atoms with Crippen LogP contribution in [0.1, 0.15) is 18.4 Å². The van der Waals surface area contributed by atoms with E-state index in [0.717, 1.165) is 18.4 Å². The van der Waals surface area contributed by atoms with Crippen molar-refractivity contribution >= 4 is 17.3 Å². The Morgan fingerprint density at radius 3 is 2.47 bits per heavy atom. The third-order valence-electron chi connectivity index (χ3n) is 3.09. The molecule has 3 nitrogen and oxygen atoms in total. The second kappa shape index (κ2) is 6.57. The van der Waals surface area contributed by atoms with Gasteiger partial charge in [-0.05, 0) is 37.0 Å². The van der Waals surface area contributed by atoms with E-state index in [4.69, 9.17) is 12.2 Å². The summed E-state index contributed by atoms with van der Waals surface area (Å²) >= 11 is 5.02. The van der Waals surface area contributed by atoms with E-state index in [1.807, 2.05) is 0 Å². The standard InChI is InChI=1S/C13H19N3S/c17-13-14-10-16(11-15-13)9-5-4-8-12-6-2-1-3-7-12/h1-3,6-7H,4-5,8-11H2,(H2,14,15,17)/p+1. The summed E-state index contributed by atoms with van der Waals surface area (Å²) in [5.74, 6) is 0. The topological polar surface area (TPSA) is 28.5 Å². The molecule has 0 aromatic heterocycles. The van der Waals surface area contributed by atoms with Crippen LogP contribution < -0.4 is 15.5 Å². The minimum atomic E-state index is 0.790. The van der Waals surface area contributed by atoms with Crippen LogP contribution in [-0.2, 0) is 6.42 Å². The van der Waals surface area contributed by atoms with Gasteiger partial charge in [0.15, 0.2) is 18.4 Å². The number of benzene rings is 1. The Bertz CT molecular complexity index is 343. The monoisotopic (exact) mass is 250 g/mol. The first-order valence-electron chi connectivity index (χ1n) is 6.24. The number of aryl methyl sites for hydroxylation is 1. The Kier molecular flexibility index (Phi) is 4.76. The van der Waals surface area contributed by atoms with Gasteiger partial charge in [-0.25, -0.2) is 0 Å². The molecule has 1 heterocycles. The van der Waals surface area contributed by atoms with E-state index in [1.165, 1.54) is 36.3 Å². The molecular weight excluding hydrogens is 230 g/mol. The Labute approximate surface area is 108 Å². The van der Waals surface area contributed by atoms with E-state index >= 15 is 0 Å². The van der Waals surface area contributed by atoms with Gasteiger partial charge >= 0.3 is 0 Å². The summed E-state index contributed by atoms with van der Waals surface area (Å²) < 4.78 is 0. The summed E-state index contributed by atoms with van der Waals surface area (Å²) in [6.07, 6.45) is 3.71. The molecule has 0 saturated carbocycles. The number of unbranched alkanes of at least 4 members (excludes halogenated alkanes) is 1. The van der Waals surface area contributed by atoms with E-state index in [2.05, 4.69) is 41.0 Å². The molecule has 0 atom stereocenters. The first kappa shape index (κ1) is 12.3.